The second-order valence-electron chi connectivity index (χ2n) is 4.08. The Hall–Kier alpha value is -2.20. The SMILES string of the molecule is O=c1[nH]c(-c2ccc(F)cc2)nc2ccc(Cl)cc12. The molecule has 0 amide bonds. The summed E-state index contributed by atoms with van der Waals surface area (Å²) in [5, 5.41) is 0.910. The van der Waals surface area contributed by atoms with Gasteiger partial charge >= 0.3 is 0 Å². The molecule has 3 rings (SSSR count). The van der Waals surface area contributed by atoms with Gasteiger partial charge in [-0.25, -0.2) is 9.37 Å². The lowest BCUT2D eigenvalue weighted by Crippen LogP contribution is -2.09. The van der Waals surface area contributed by atoms with Gasteiger partial charge in [0.05, 0.1) is 10.9 Å². The molecule has 3 nitrogen and oxygen atoms in total. The molecule has 0 spiro atoms. The summed E-state index contributed by atoms with van der Waals surface area (Å²) in [5.74, 6) is 0.0680. The average molecular weight is 275 g/mol. The standard InChI is InChI=1S/C14H8ClFN2O/c15-9-3-6-12-11(7-9)14(19)18-13(17-12)8-1-4-10(16)5-2-8/h1-7H,(H,17,18,19). The molecule has 1 N–H and O–H groups in total. The molecule has 0 saturated heterocycles. The van der Waals surface area contributed by atoms with E-state index in [0.29, 0.717) is 27.3 Å². The maximum Gasteiger partial charge on any atom is 0.259 e. The molecule has 0 bridgehead atoms. The lowest BCUT2D eigenvalue weighted by Gasteiger charge is -2.03. The van der Waals surface area contributed by atoms with Crippen LogP contribution in [0.1, 0.15) is 0 Å². The average Bonchev–Trinajstić information content (AvgIpc) is 2.40. The highest BCUT2D eigenvalue weighted by atomic mass is 35.5. The maximum atomic E-state index is 12.9. The predicted molar refractivity (Wildman–Crippen MR) is 72.8 cm³/mol. The maximum absolute atomic E-state index is 12.9. The fourth-order valence-corrected chi connectivity index (χ4v) is 2.03. The van der Waals surface area contributed by atoms with Crippen molar-refractivity contribution in [3.05, 3.63) is 63.7 Å². The summed E-state index contributed by atoms with van der Waals surface area (Å²) in [7, 11) is 0. The van der Waals surface area contributed by atoms with Gasteiger partial charge in [-0.2, -0.15) is 0 Å². The van der Waals surface area contributed by atoms with Crippen LogP contribution in [0.4, 0.5) is 4.39 Å². The van der Waals surface area contributed by atoms with Gasteiger partial charge in [0, 0.05) is 10.6 Å². The third-order valence-electron chi connectivity index (χ3n) is 2.79. The molecule has 0 aliphatic carbocycles. The Bertz CT molecular complexity index is 812. The highest BCUT2D eigenvalue weighted by molar-refractivity contribution is 6.31. The van der Waals surface area contributed by atoms with Crippen LogP contribution in [0.5, 0.6) is 0 Å². The van der Waals surface area contributed by atoms with Gasteiger partial charge in [0.15, 0.2) is 0 Å². The minimum atomic E-state index is -0.335. The Balaban J connectivity index is 2.24. The molecule has 0 radical (unpaired) electrons. The Morgan fingerprint density at radius 3 is 2.58 bits per heavy atom. The summed E-state index contributed by atoms with van der Waals surface area (Å²) >= 11 is 5.84. The minimum Gasteiger partial charge on any atom is -0.306 e. The zero-order chi connectivity index (χ0) is 13.4. The molecule has 0 unspecified atom stereocenters. The van der Waals surface area contributed by atoms with Gasteiger partial charge in [-0.15, -0.1) is 0 Å². The molecule has 5 heteroatoms. The number of H-pyrrole nitrogens is 1. The zero-order valence-electron chi connectivity index (χ0n) is 9.65. The molecule has 94 valence electrons. The van der Waals surface area contributed by atoms with Gasteiger partial charge in [-0.1, -0.05) is 11.6 Å². The van der Waals surface area contributed by atoms with E-state index in [1.54, 1.807) is 30.3 Å². The fourth-order valence-electron chi connectivity index (χ4n) is 1.86. The number of nitrogens with one attached hydrogen (secondary N) is 1. The molecule has 0 fully saturated rings. The van der Waals surface area contributed by atoms with Crippen LogP contribution in [0.15, 0.2) is 47.3 Å². The van der Waals surface area contributed by atoms with E-state index in [-0.39, 0.29) is 11.4 Å². The van der Waals surface area contributed by atoms with E-state index < -0.39 is 0 Å². The van der Waals surface area contributed by atoms with E-state index in [1.165, 1.54) is 12.1 Å². The van der Waals surface area contributed by atoms with Gasteiger partial charge in [-0.05, 0) is 42.5 Å². The van der Waals surface area contributed by atoms with E-state index in [1.807, 2.05) is 0 Å². The van der Waals surface area contributed by atoms with Crippen LogP contribution in [0.3, 0.4) is 0 Å². The van der Waals surface area contributed by atoms with Crippen molar-refractivity contribution in [2.24, 2.45) is 0 Å². The van der Waals surface area contributed by atoms with Crippen LogP contribution in [-0.2, 0) is 0 Å². The number of rotatable bonds is 1. The normalized spacial score (nSPS) is 10.8. The predicted octanol–water partition coefficient (Wildman–Crippen LogP) is 3.38. The molecule has 0 aliphatic rings. The molecule has 1 heterocycles. The smallest absolute Gasteiger partial charge is 0.259 e. The van der Waals surface area contributed by atoms with Gasteiger partial charge in [0.25, 0.3) is 5.56 Å². The first-order valence-electron chi connectivity index (χ1n) is 5.59. The Morgan fingerprint density at radius 1 is 1.11 bits per heavy atom. The molecule has 19 heavy (non-hydrogen) atoms. The van der Waals surface area contributed by atoms with Gasteiger partial charge < -0.3 is 4.98 Å². The van der Waals surface area contributed by atoms with Gasteiger partial charge in [0.1, 0.15) is 11.6 Å². The van der Waals surface area contributed by atoms with Gasteiger partial charge in [0.2, 0.25) is 0 Å². The van der Waals surface area contributed by atoms with Crippen LogP contribution in [0.25, 0.3) is 22.3 Å². The van der Waals surface area contributed by atoms with E-state index in [4.69, 9.17) is 11.6 Å². The van der Waals surface area contributed by atoms with E-state index in [2.05, 4.69) is 9.97 Å². The molecule has 0 atom stereocenters. The van der Waals surface area contributed by atoms with Crippen molar-refractivity contribution in [3.63, 3.8) is 0 Å². The first-order chi connectivity index (χ1) is 9.13. The topological polar surface area (TPSA) is 45.8 Å². The van der Waals surface area contributed by atoms with Crippen LogP contribution in [-0.4, -0.2) is 9.97 Å². The number of hydrogen-bond acceptors (Lipinski definition) is 2. The number of hydrogen-bond donors (Lipinski definition) is 1. The van der Waals surface area contributed by atoms with Crippen molar-refractivity contribution in [3.8, 4) is 11.4 Å². The lowest BCUT2D eigenvalue weighted by atomic mass is 10.2. The van der Waals surface area contributed by atoms with Crippen LogP contribution in [0, 0.1) is 5.82 Å². The largest absolute Gasteiger partial charge is 0.306 e. The van der Waals surface area contributed by atoms with Crippen molar-refractivity contribution >= 4 is 22.5 Å². The van der Waals surface area contributed by atoms with Crippen LogP contribution < -0.4 is 5.56 Å². The Labute approximate surface area is 112 Å². The first kappa shape index (κ1) is 11.9. The summed E-state index contributed by atoms with van der Waals surface area (Å²) in [5.41, 5.74) is 0.926. The number of fused-ring (bicyclic) bond motifs is 1. The molecule has 3 aromatic rings. The van der Waals surface area contributed by atoms with Crippen molar-refractivity contribution < 1.29 is 4.39 Å². The van der Waals surface area contributed by atoms with Crippen LogP contribution in [0.2, 0.25) is 5.02 Å². The van der Waals surface area contributed by atoms with Gasteiger partial charge in [-0.3, -0.25) is 4.79 Å². The molecule has 1 aromatic heterocycles. The second kappa shape index (κ2) is 4.48. The third-order valence-corrected chi connectivity index (χ3v) is 3.02. The summed E-state index contributed by atoms with van der Waals surface area (Å²) in [6.07, 6.45) is 0. The molecular formula is C14H8ClFN2O. The quantitative estimate of drug-likeness (QED) is 0.739. The zero-order valence-corrected chi connectivity index (χ0v) is 10.4. The van der Waals surface area contributed by atoms with E-state index in [0.717, 1.165) is 0 Å². The Kier molecular flexibility index (Phi) is 2.80. The molecular weight excluding hydrogens is 267 g/mol. The highest BCUT2D eigenvalue weighted by Gasteiger charge is 2.06. The van der Waals surface area contributed by atoms with E-state index in [9.17, 15) is 9.18 Å². The summed E-state index contributed by atoms with van der Waals surface area (Å²) in [6.45, 7) is 0. The van der Waals surface area contributed by atoms with Crippen molar-refractivity contribution in [1.29, 1.82) is 0 Å². The minimum absolute atomic E-state index is 0.271. The van der Waals surface area contributed by atoms with Crippen molar-refractivity contribution in [1.82, 2.24) is 9.97 Å². The lowest BCUT2D eigenvalue weighted by molar-refractivity contribution is 0.628. The number of benzene rings is 2. The fraction of sp³-hybridized carbons (Fsp3) is 0. The monoisotopic (exact) mass is 274 g/mol. The molecule has 0 saturated carbocycles. The Morgan fingerprint density at radius 2 is 1.84 bits per heavy atom. The molecule has 2 aromatic carbocycles. The number of halogens is 2. The third kappa shape index (κ3) is 2.22. The summed E-state index contributed by atoms with van der Waals surface area (Å²) in [6, 6.07) is 10.7. The van der Waals surface area contributed by atoms with Crippen molar-refractivity contribution in [2.75, 3.05) is 0 Å². The first-order valence-corrected chi connectivity index (χ1v) is 5.97. The molecule has 0 aliphatic heterocycles. The van der Waals surface area contributed by atoms with E-state index >= 15 is 0 Å². The highest BCUT2D eigenvalue weighted by Crippen LogP contribution is 2.19. The number of aromatic amines is 1. The number of nitrogens with zero attached hydrogens (tertiary/aromatic N) is 1. The summed E-state index contributed by atoms with van der Waals surface area (Å²) in [4.78, 5) is 19.0. The summed E-state index contributed by atoms with van der Waals surface area (Å²) < 4.78 is 12.9. The van der Waals surface area contributed by atoms with Crippen LogP contribution >= 0.6 is 11.6 Å². The van der Waals surface area contributed by atoms with Crippen molar-refractivity contribution in [2.45, 2.75) is 0 Å². The number of aromatic nitrogens is 2. The second-order valence-corrected chi connectivity index (χ2v) is 4.52.